The summed E-state index contributed by atoms with van der Waals surface area (Å²) in [5, 5.41) is 3.65. The molecule has 0 radical (unpaired) electrons. The summed E-state index contributed by atoms with van der Waals surface area (Å²) in [4.78, 5) is 5.66. The Morgan fingerprint density at radius 3 is 2.95 bits per heavy atom. The molecule has 1 aliphatic heterocycles. The highest BCUT2D eigenvalue weighted by molar-refractivity contribution is 7.93. The molecule has 2 N–H and O–H groups in total. The normalized spacial score (nSPS) is 13.8. The van der Waals surface area contributed by atoms with Gasteiger partial charge in [0.25, 0.3) is 10.0 Å². The Kier molecular flexibility index (Phi) is 3.62. The fraction of sp³-hybridized carbons (Fsp3) is 0.357. The van der Waals surface area contributed by atoms with Gasteiger partial charge in [-0.05, 0) is 43.5 Å². The van der Waals surface area contributed by atoms with Crippen LogP contribution in [0.25, 0.3) is 0 Å². The molecular formula is C14H17N3O2S2. The van der Waals surface area contributed by atoms with Crippen molar-refractivity contribution in [2.45, 2.75) is 31.6 Å². The molecule has 2 aromatic rings. The zero-order valence-corrected chi connectivity index (χ0v) is 13.6. The van der Waals surface area contributed by atoms with Gasteiger partial charge in [0.05, 0.1) is 10.6 Å². The van der Waals surface area contributed by atoms with E-state index in [4.69, 9.17) is 0 Å². The number of aromatic nitrogens is 1. The van der Waals surface area contributed by atoms with Gasteiger partial charge in [0.2, 0.25) is 0 Å². The maximum absolute atomic E-state index is 12.4. The average Bonchev–Trinajstić information content (AvgIpc) is 3.03. The summed E-state index contributed by atoms with van der Waals surface area (Å²) in [6.45, 7) is 4.82. The van der Waals surface area contributed by atoms with Crippen LogP contribution in [0.4, 0.5) is 10.8 Å². The lowest BCUT2D eigenvalue weighted by molar-refractivity contribution is 0.601. The maximum atomic E-state index is 12.4. The van der Waals surface area contributed by atoms with Crippen molar-refractivity contribution in [3.8, 4) is 0 Å². The van der Waals surface area contributed by atoms with Gasteiger partial charge in [-0.1, -0.05) is 6.92 Å². The molecule has 0 saturated heterocycles. The van der Waals surface area contributed by atoms with Gasteiger partial charge in [0, 0.05) is 17.1 Å². The number of benzene rings is 1. The van der Waals surface area contributed by atoms with Crippen molar-refractivity contribution < 1.29 is 8.42 Å². The minimum Gasteiger partial charge on any atom is -0.384 e. The molecule has 0 unspecified atom stereocenters. The van der Waals surface area contributed by atoms with Crippen LogP contribution in [0.15, 0.2) is 23.1 Å². The number of sulfonamides is 1. The van der Waals surface area contributed by atoms with Crippen molar-refractivity contribution in [1.29, 1.82) is 0 Å². The van der Waals surface area contributed by atoms with E-state index in [1.807, 2.05) is 19.9 Å². The van der Waals surface area contributed by atoms with Crippen LogP contribution >= 0.6 is 11.3 Å². The van der Waals surface area contributed by atoms with Gasteiger partial charge in [-0.25, -0.2) is 13.4 Å². The minimum atomic E-state index is -3.58. The Bertz CT molecular complexity index is 782. The number of thiazole rings is 1. The van der Waals surface area contributed by atoms with Gasteiger partial charge in [0.15, 0.2) is 5.13 Å². The largest absolute Gasteiger partial charge is 0.384 e. The van der Waals surface area contributed by atoms with Crippen LogP contribution in [0.1, 0.15) is 23.1 Å². The Morgan fingerprint density at radius 1 is 1.43 bits per heavy atom. The standard InChI is InChI=1S/C14H17N3O2S2/c1-3-12-9(2)20-14(16-12)17-21(18,19)11-4-5-13-10(8-11)6-7-15-13/h4-5,8,15H,3,6-7H2,1-2H3,(H,16,17). The Balaban J connectivity index is 1.89. The second-order valence-electron chi connectivity index (χ2n) is 4.98. The molecule has 1 aliphatic rings. The molecular weight excluding hydrogens is 306 g/mol. The number of fused-ring (bicyclic) bond motifs is 1. The molecule has 0 aliphatic carbocycles. The lowest BCUT2D eigenvalue weighted by atomic mass is 10.2. The maximum Gasteiger partial charge on any atom is 0.263 e. The van der Waals surface area contributed by atoms with E-state index in [2.05, 4.69) is 15.0 Å². The fourth-order valence-electron chi connectivity index (χ4n) is 2.42. The van der Waals surface area contributed by atoms with Crippen LogP contribution in [0.3, 0.4) is 0 Å². The van der Waals surface area contributed by atoms with Crippen molar-refractivity contribution in [3.05, 3.63) is 34.3 Å². The van der Waals surface area contributed by atoms with E-state index < -0.39 is 10.0 Å². The monoisotopic (exact) mass is 323 g/mol. The molecule has 21 heavy (non-hydrogen) atoms. The second-order valence-corrected chi connectivity index (χ2v) is 7.86. The number of rotatable bonds is 4. The third-order valence-corrected chi connectivity index (χ3v) is 5.94. The van der Waals surface area contributed by atoms with Crippen LogP contribution in [-0.4, -0.2) is 19.9 Å². The molecule has 3 rings (SSSR count). The topological polar surface area (TPSA) is 71.1 Å². The molecule has 2 heterocycles. The lowest BCUT2D eigenvalue weighted by Crippen LogP contribution is -2.13. The van der Waals surface area contributed by atoms with Crippen molar-refractivity contribution in [3.63, 3.8) is 0 Å². The first-order chi connectivity index (χ1) is 9.99. The molecule has 0 bridgehead atoms. The molecule has 0 fully saturated rings. The van der Waals surface area contributed by atoms with Gasteiger partial charge in [-0.2, -0.15) is 0 Å². The van der Waals surface area contributed by atoms with Crippen LogP contribution in [0, 0.1) is 6.92 Å². The molecule has 0 spiro atoms. The summed E-state index contributed by atoms with van der Waals surface area (Å²) >= 11 is 1.37. The number of nitrogens with one attached hydrogen (secondary N) is 2. The highest BCUT2D eigenvalue weighted by Gasteiger charge is 2.20. The molecule has 0 amide bonds. The third-order valence-electron chi connectivity index (χ3n) is 3.55. The lowest BCUT2D eigenvalue weighted by Gasteiger charge is -2.07. The number of anilines is 2. The van der Waals surface area contributed by atoms with Crippen molar-refractivity contribution in [2.24, 2.45) is 0 Å². The third kappa shape index (κ3) is 2.75. The number of hydrogen-bond acceptors (Lipinski definition) is 5. The van der Waals surface area contributed by atoms with Gasteiger partial charge in [0.1, 0.15) is 0 Å². The quantitative estimate of drug-likeness (QED) is 0.907. The van der Waals surface area contributed by atoms with E-state index >= 15 is 0 Å². The van der Waals surface area contributed by atoms with Crippen molar-refractivity contribution >= 4 is 32.2 Å². The molecule has 0 saturated carbocycles. The number of aryl methyl sites for hydroxylation is 2. The molecule has 1 aromatic heterocycles. The van der Waals surface area contributed by atoms with Crippen molar-refractivity contribution in [1.82, 2.24) is 4.98 Å². The second kappa shape index (κ2) is 5.31. The van der Waals surface area contributed by atoms with Gasteiger partial charge in [-0.3, -0.25) is 4.72 Å². The summed E-state index contributed by atoms with van der Waals surface area (Å²) in [7, 11) is -3.58. The molecule has 1 aromatic carbocycles. The molecule has 7 heteroatoms. The summed E-state index contributed by atoms with van der Waals surface area (Å²) in [5.41, 5.74) is 3.01. The first-order valence-electron chi connectivity index (χ1n) is 6.85. The Hall–Kier alpha value is -1.60. The van der Waals surface area contributed by atoms with Crippen molar-refractivity contribution in [2.75, 3.05) is 16.6 Å². The van der Waals surface area contributed by atoms with E-state index in [1.165, 1.54) is 11.3 Å². The van der Waals surface area contributed by atoms with Crippen LogP contribution in [0.5, 0.6) is 0 Å². The average molecular weight is 323 g/mol. The van der Waals surface area contributed by atoms with Gasteiger partial charge >= 0.3 is 0 Å². The zero-order chi connectivity index (χ0) is 15.0. The molecule has 112 valence electrons. The van der Waals surface area contributed by atoms with Gasteiger partial charge < -0.3 is 5.32 Å². The van der Waals surface area contributed by atoms with Crippen LogP contribution < -0.4 is 10.0 Å². The van der Waals surface area contributed by atoms with Gasteiger partial charge in [-0.15, -0.1) is 11.3 Å². The predicted molar refractivity (Wildman–Crippen MR) is 85.7 cm³/mol. The number of hydrogen-bond donors (Lipinski definition) is 2. The SMILES string of the molecule is CCc1nc(NS(=O)(=O)c2ccc3c(c2)CCN3)sc1C. The first kappa shape index (κ1) is 14.3. The smallest absolute Gasteiger partial charge is 0.263 e. The van der Waals surface area contributed by atoms with E-state index in [0.717, 1.165) is 41.2 Å². The summed E-state index contributed by atoms with van der Waals surface area (Å²) in [6, 6.07) is 5.18. The summed E-state index contributed by atoms with van der Waals surface area (Å²) in [6.07, 6.45) is 1.66. The Morgan fingerprint density at radius 2 is 2.24 bits per heavy atom. The fourth-order valence-corrected chi connectivity index (χ4v) is 4.61. The zero-order valence-electron chi connectivity index (χ0n) is 11.9. The van der Waals surface area contributed by atoms with Crippen LogP contribution in [0.2, 0.25) is 0 Å². The number of nitrogens with zero attached hydrogens (tertiary/aromatic N) is 1. The Labute approximate surface area is 128 Å². The molecule has 0 atom stereocenters. The summed E-state index contributed by atoms with van der Waals surface area (Å²) < 4.78 is 27.5. The predicted octanol–water partition coefficient (Wildman–Crippen LogP) is 2.78. The first-order valence-corrected chi connectivity index (χ1v) is 9.15. The summed E-state index contributed by atoms with van der Waals surface area (Å²) in [5.74, 6) is 0. The highest BCUT2D eigenvalue weighted by Crippen LogP contribution is 2.28. The van der Waals surface area contributed by atoms with E-state index in [1.54, 1.807) is 12.1 Å². The molecule has 5 nitrogen and oxygen atoms in total. The van der Waals surface area contributed by atoms with E-state index in [-0.39, 0.29) is 4.90 Å². The van der Waals surface area contributed by atoms with Crippen LogP contribution in [-0.2, 0) is 22.9 Å². The minimum absolute atomic E-state index is 0.288. The van der Waals surface area contributed by atoms with E-state index in [9.17, 15) is 8.42 Å². The van der Waals surface area contributed by atoms with E-state index in [0.29, 0.717) is 5.13 Å². The highest BCUT2D eigenvalue weighted by atomic mass is 32.2.